The molecule has 0 saturated carbocycles. The Morgan fingerprint density at radius 3 is 2.32 bits per heavy atom. The van der Waals surface area contributed by atoms with E-state index in [9.17, 15) is 22.4 Å². The zero-order chi connectivity index (χ0) is 18.5. The van der Waals surface area contributed by atoms with E-state index in [0.29, 0.717) is 0 Å². The van der Waals surface area contributed by atoms with Crippen LogP contribution in [0.15, 0.2) is 22.6 Å². The lowest BCUT2D eigenvalue weighted by molar-refractivity contribution is 0.0734. The fourth-order valence-electron chi connectivity index (χ4n) is 2.27. The molecule has 130 valence electrons. The van der Waals surface area contributed by atoms with Gasteiger partial charge in [-0.25, -0.2) is 18.0 Å². The van der Waals surface area contributed by atoms with Crippen molar-refractivity contribution in [1.29, 1.82) is 0 Å². The summed E-state index contributed by atoms with van der Waals surface area (Å²) in [5, 5.41) is -0.598. The second-order valence-electron chi connectivity index (χ2n) is 4.96. The molecule has 0 aliphatic carbocycles. The second-order valence-corrected chi connectivity index (χ2v) is 5.80. The SMILES string of the molecule is Cc1oc2c(F)c(F)c(F)c(F)c2c1C(=O)Oc1ccc(Cl)cc1Cl. The lowest BCUT2D eigenvalue weighted by atomic mass is 10.1. The molecule has 0 atom stereocenters. The minimum absolute atomic E-state index is 0.0184. The van der Waals surface area contributed by atoms with Gasteiger partial charge < -0.3 is 9.15 Å². The van der Waals surface area contributed by atoms with E-state index >= 15 is 0 Å². The number of halogens is 6. The van der Waals surface area contributed by atoms with Crippen molar-refractivity contribution in [2.75, 3.05) is 0 Å². The Balaban J connectivity index is 2.15. The van der Waals surface area contributed by atoms with Gasteiger partial charge in [-0.3, -0.25) is 0 Å². The van der Waals surface area contributed by atoms with Crippen LogP contribution in [-0.2, 0) is 0 Å². The van der Waals surface area contributed by atoms with E-state index in [1.807, 2.05) is 0 Å². The highest BCUT2D eigenvalue weighted by Crippen LogP contribution is 2.35. The number of benzene rings is 2. The Hall–Kier alpha value is -2.25. The van der Waals surface area contributed by atoms with Crippen molar-refractivity contribution in [1.82, 2.24) is 0 Å². The average Bonchev–Trinajstić information content (AvgIpc) is 2.91. The summed E-state index contributed by atoms with van der Waals surface area (Å²) < 4.78 is 64.5. The van der Waals surface area contributed by atoms with Crippen LogP contribution in [0.1, 0.15) is 16.1 Å². The molecule has 0 bridgehead atoms. The number of rotatable bonds is 2. The fourth-order valence-corrected chi connectivity index (χ4v) is 2.71. The minimum Gasteiger partial charge on any atom is -0.457 e. The van der Waals surface area contributed by atoms with Crippen LogP contribution in [0.4, 0.5) is 17.6 Å². The molecule has 3 rings (SSSR count). The Kier molecular flexibility index (Phi) is 4.38. The highest BCUT2D eigenvalue weighted by Gasteiger charge is 2.31. The maximum absolute atomic E-state index is 14.1. The third-order valence-electron chi connectivity index (χ3n) is 3.38. The third-order valence-corrected chi connectivity index (χ3v) is 3.91. The smallest absolute Gasteiger partial charge is 0.347 e. The van der Waals surface area contributed by atoms with Gasteiger partial charge in [-0.1, -0.05) is 23.2 Å². The summed E-state index contributed by atoms with van der Waals surface area (Å²) >= 11 is 11.6. The number of esters is 1. The van der Waals surface area contributed by atoms with Crippen LogP contribution in [0.25, 0.3) is 11.0 Å². The van der Waals surface area contributed by atoms with Crippen molar-refractivity contribution < 1.29 is 31.5 Å². The number of aryl methyl sites for hydroxylation is 1. The monoisotopic (exact) mass is 392 g/mol. The Morgan fingerprint density at radius 1 is 1.04 bits per heavy atom. The first-order chi connectivity index (χ1) is 11.7. The molecule has 9 heteroatoms. The summed E-state index contributed by atoms with van der Waals surface area (Å²) in [5.41, 5.74) is -1.51. The number of hydrogen-bond acceptors (Lipinski definition) is 3. The largest absolute Gasteiger partial charge is 0.457 e. The Labute approximate surface area is 147 Å². The molecule has 1 aromatic heterocycles. The van der Waals surface area contributed by atoms with E-state index in [2.05, 4.69) is 0 Å². The van der Waals surface area contributed by atoms with Crippen LogP contribution in [0.2, 0.25) is 10.0 Å². The van der Waals surface area contributed by atoms with Crippen LogP contribution < -0.4 is 4.74 Å². The molecule has 0 saturated heterocycles. The molecule has 0 N–H and O–H groups in total. The van der Waals surface area contributed by atoms with E-state index in [-0.39, 0.29) is 21.6 Å². The molecule has 2 aromatic carbocycles. The van der Waals surface area contributed by atoms with Crippen molar-refractivity contribution in [3.05, 3.63) is 62.8 Å². The van der Waals surface area contributed by atoms with E-state index in [0.717, 1.165) is 0 Å². The van der Waals surface area contributed by atoms with Crippen LogP contribution in [0.5, 0.6) is 5.75 Å². The first kappa shape index (κ1) is 17.6. The predicted molar refractivity (Wildman–Crippen MR) is 82.2 cm³/mol. The molecule has 1 heterocycles. The predicted octanol–water partition coefficient (Wildman–Crippen LogP) is 5.82. The summed E-state index contributed by atoms with van der Waals surface area (Å²) in [6.45, 7) is 1.19. The van der Waals surface area contributed by atoms with Crippen LogP contribution in [0, 0.1) is 30.2 Å². The molecule has 0 radical (unpaired) electrons. The quantitative estimate of drug-likeness (QED) is 0.181. The maximum atomic E-state index is 14.1. The summed E-state index contributed by atoms with van der Waals surface area (Å²) in [5.74, 6) is -9.21. The fraction of sp³-hybridized carbons (Fsp3) is 0.0625. The van der Waals surface area contributed by atoms with E-state index in [4.69, 9.17) is 32.4 Å². The van der Waals surface area contributed by atoms with Crippen molar-refractivity contribution >= 4 is 40.1 Å². The first-order valence-corrected chi connectivity index (χ1v) is 7.40. The number of furan rings is 1. The van der Waals surface area contributed by atoms with Gasteiger partial charge in [0.15, 0.2) is 17.2 Å². The van der Waals surface area contributed by atoms with Gasteiger partial charge in [-0.15, -0.1) is 0 Å². The molecule has 3 nitrogen and oxygen atoms in total. The molecule has 0 spiro atoms. The van der Waals surface area contributed by atoms with Crippen LogP contribution >= 0.6 is 23.2 Å². The molecule has 0 aliphatic rings. The zero-order valence-corrected chi connectivity index (χ0v) is 13.7. The van der Waals surface area contributed by atoms with Crippen molar-refractivity contribution in [2.24, 2.45) is 0 Å². The van der Waals surface area contributed by atoms with Gasteiger partial charge in [-0.05, 0) is 25.1 Å². The maximum Gasteiger partial charge on any atom is 0.347 e. The normalized spacial score (nSPS) is 11.2. The summed E-state index contributed by atoms with van der Waals surface area (Å²) in [7, 11) is 0. The Bertz CT molecular complexity index is 1030. The third kappa shape index (κ3) is 2.83. The molecule has 0 aliphatic heterocycles. The zero-order valence-electron chi connectivity index (χ0n) is 12.2. The number of ether oxygens (including phenoxy) is 1. The summed E-state index contributed by atoms with van der Waals surface area (Å²) in [6, 6.07) is 3.95. The lowest BCUT2D eigenvalue weighted by Gasteiger charge is -2.06. The van der Waals surface area contributed by atoms with Crippen LogP contribution in [-0.4, -0.2) is 5.97 Å². The molecule has 0 fully saturated rings. The number of carbonyl (C=O) groups is 1. The van der Waals surface area contributed by atoms with Crippen molar-refractivity contribution in [2.45, 2.75) is 6.92 Å². The van der Waals surface area contributed by atoms with Gasteiger partial charge in [0, 0.05) is 5.02 Å². The molecular weight excluding hydrogens is 387 g/mol. The molecule has 0 unspecified atom stereocenters. The average molecular weight is 393 g/mol. The molecule has 3 aromatic rings. The lowest BCUT2D eigenvalue weighted by Crippen LogP contribution is -2.10. The number of hydrogen-bond donors (Lipinski definition) is 0. The van der Waals surface area contributed by atoms with Crippen molar-refractivity contribution in [3.8, 4) is 5.75 Å². The first-order valence-electron chi connectivity index (χ1n) is 6.64. The van der Waals surface area contributed by atoms with E-state index in [1.165, 1.54) is 25.1 Å². The topological polar surface area (TPSA) is 39.4 Å². The molecular formula is C16H6Cl2F4O3. The van der Waals surface area contributed by atoms with Gasteiger partial charge in [0.05, 0.1) is 10.4 Å². The van der Waals surface area contributed by atoms with Gasteiger partial charge in [0.2, 0.25) is 11.6 Å². The highest BCUT2D eigenvalue weighted by atomic mass is 35.5. The number of carbonyl (C=O) groups excluding carboxylic acids is 1. The minimum atomic E-state index is -2.07. The number of fused-ring (bicyclic) bond motifs is 1. The van der Waals surface area contributed by atoms with Gasteiger partial charge in [0.25, 0.3) is 0 Å². The van der Waals surface area contributed by atoms with Gasteiger partial charge in [0.1, 0.15) is 17.1 Å². The van der Waals surface area contributed by atoms with E-state index in [1.54, 1.807) is 0 Å². The van der Waals surface area contributed by atoms with E-state index < -0.39 is 45.8 Å². The standard InChI is InChI=1S/C16H6Cl2F4O3/c1-5-9(16(23)25-8-3-2-6(17)4-7(8)18)10-11(19)12(20)13(21)14(22)15(10)24-5/h2-4H,1H3. The summed E-state index contributed by atoms with van der Waals surface area (Å²) in [4.78, 5) is 12.3. The Morgan fingerprint density at radius 2 is 1.68 bits per heavy atom. The van der Waals surface area contributed by atoms with Gasteiger partial charge >= 0.3 is 5.97 Å². The second kappa shape index (κ2) is 6.24. The highest BCUT2D eigenvalue weighted by molar-refractivity contribution is 6.35. The summed E-state index contributed by atoms with van der Waals surface area (Å²) in [6.07, 6.45) is 0. The molecule has 25 heavy (non-hydrogen) atoms. The van der Waals surface area contributed by atoms with Gasteiger partial charge in [-0.2, -0.15) is 4.39 Å². The van der Waals surface area contributed by atoms with Crippen LogP contribution in [0.3, 0.4) is 0 Å². The van der Waals surface area contributed by atoms with Crippen molar-refractivity contribution in [3.63, 3.8) is 0 Å². The molecule has 0 amide bonds.